The van der Waals surface area contributed by atoms with Crippen LogP contribution in [0.1, 0.15) is 24.5 Å². The van der Waals surface area contributed by atoms with Gasteiger partial charge in [-0.25, -0.2) is 4.39 Å². The highest BCUT2D eigenvalue weighted by atomic mass is 79.9. The van der Waals surface area contributed by atoms with Gasteiger partial charge in [0.1, 0.15) is 12.4 Å². The van der Waals surface area contributed by atoms with Crippen molar-refractivity contribution in [3.05, 3.63) is 55.2 Å². The van der Waals surface area contributed by atoms with Gasteiger partial charge in [-0.15, -0.1) is 0 Å². The Morgan fingerprint density at radius 2 is 1.92 bits per heavy atom. The molecule has 0 fully saturated rings. The van der Waals surface area contributed by atoms with Gasteiger partial charge in [0.2, 0.25) is 0 Å². The average molecular weight is 510 g/mol. The molecule has 140 valence electrons. The molecular weight excluding hydrogens is 492 g/mol. The Labute approximate surface area is 173 Å². The summed E-state index contributed by atoms with van der Waals surface area (Å²) in [6, 6.07) is 6.39. The van der Waals surface area contributed by atoms with E-state index in [1.54, 1.807) is 18.2 Å². The van der Waals surface area contributed by atoms with E-state index in [0.717, 1.165) is 6.42 Å². The lowest BCUT2D eigenvalue weighted by atomic mass is 10.1. The van der Waals surface area contributed by atoms with Crippen LogP contribution in [-0.4, -0.2) is 17.6 Å². The monoisotopic (exact) mass is 507 g/mol. The molecule has 0 aliphatic heterocycles. The standard InChI is InChI=1S/C18H17Br2ClFNO3/c1-2-3-23-15-8-12(21)7-11(17(15)22)9-26-18-13(19)4-10(5-14(18)20)6-16(24)25/h4-5,7-8,23H,2-3,6,9H2,1H3,(H,24,25). The second kappa shape index (κ2) is 9.58. The number of carbonyl (C=O) groups is 1. The van der Waals surface area contributed by atoms with Gasteiger partial charge in [0.15, 0.2) is 5.82 Å². The number of nitrogens with one attached hydrogen (secondary N) is 1. The van der Waals surface area contributed by atoms with Crippen LogP contribution in [0.25, 0.3) is 0 Å². The lowest BCUT2D eigenvalue weighted by molar-refractivity contribution is -0.136. The Morgan fingerprint density at radius 3 is 2.50 bits per heavy atom. The average Bonchev–Trinajstić information content (AvgIpc) is 2.54. The van der Waals surface area contributed by atoms with E-state index in [4.69, 9.17) is 21.4 Å². The number of hydrogen-bond donors (Lipinski definition) is 2. The summed E-state index contributed by atoms with van der Waals surface area (Å²) in [5.74, 6) is -0.871. The van der Waals surface area contributed by atoms with Crippen molar-refractivity contribution in [2.75, 3.05) is 11.9 Å². The van der Waals surface area contributed by atoms with Crippen molar-refractivity contribution in [1.29, 1.82) is 0 Å². The van der Waals surface area contributed by atoms with Crippen LogP contribution in [0.3, 0.4) is 0 Å². The van der Waals surface area contributed by atoms with Crippen LogP contribution in [0, 0.1) is 5.82 Å². The number of anilines is 1. The molecule has 2 aromatic rings. The van der Waals surface area contributed by atoms with Gasteiger partial charge in [-0.05, 0) is 68.1 Å². The molecule has 0 aliphatic carbocycles. The number of aliphatic carboxylic acids is 1. The molecule has 0 spiro atoms. The molecule has 0 aliphatic rings. The first-order valence-corrected chi connectivity index (χ1v) is 9.82. The molecule has 4 nitrogen and oxygen atoms in total. The third kappa shape index (κ3) is 5.59. The molecule has 0 atom stereocenters. The van der Waals surface area contributed by atoms with E-state index < -0.39 is 11.8 Å². The molecule has 26 heavy (non-hydrogen) atoms. The fourth-order valence-corrected chi connectivity index (χ4v) is 4.07. The summed E-state index contributed by atoms with van der Waals surface area (Å²) >= 11 is 12.8. The van der Waals surface area contributed by atoms with Crippen molar-refractivity contribution in [3.63, 3.8) is 0 Å². The third-order valence-electron chi connectivity index (χ3n) is 3.46. The van der Waals surface area contributed by atoms with Gasteiger partial charge in [0, 0.05) is 17.1 Å². The Morgan fingerprint density at radius 1 is 1.27 bits per heavy atom. The zero-order valence-corrected chi connectivity index (χ0v) is 17.8. The van der Waals surface area contributed by atoms with Crippen LogP contribution in [0.2, 0.25) is 5.02 Å². The number of rotatable bonds is 8. The van der Waals surface area contributed by atoms with Crippen LogP contribution in [-0.2, 0) is 17.8 Å². The Bertz CT molecular complexity index is 794. The second-order valence-corrected chi connectivity index (χ2v) is 7.75. The predicted molar refractivity (Wildman–Crippen MR) is 108 cm³/mol. The summed E-state index contributed by atoms with van der Waals surface area (Å²) in [6.07, 6.45) is 0.757. The molecule has 0 saturated carbocycles. The lowest BCUT2D eigenvalue weighted by Crippen LogP contribution is -2.06. The second-order valence-electron chi connectivity index (χ2n) is 5.60. The van der Waals surface area contributed by atoms with E-state index in [1.807, 2.05) is 6.92 Å². The zero-order valence-electron chi connectivity index (χ0n) is 13.9. The van der Waals surface area contributed by atoms with Crippen molar-refractivity contribution in [2.45, 2.75) is 26.4 Å². The molecule has 0 amide bonds. The normalized spacial score (nSPS) is 10.7. The van der Waals surface area contributed by atoms with Crippen LogP contribution >= 0.6 is 43.5 Å². The van der Waals surface area contributed by atoms with Crippen LogP contribution < -0.4 is 10.1 Å². The first kappa shape index (κ1) is 21.0. The highest BCUT2D eigenvalue weighted by Gasteiger charge is 2.14. The van der Waals surface area contributed by atoms with Gasteiger partial charge in [0.25, 0.3) is 0 Å². The van der Waals surface area contributed by atoms with E-state index in [1.165, 1.54) is 6.07 Å². The maximum absolute atomic E-state index is 14.6. The topological polar surface area (TPSA) is 58.6 Å². The number of halogens is 4. The molecule has 0 saturated heterocycles. The summed E-state index contributed by atoms with van der Waals surface area (Å²) in [5.41, 5.74) is 1.28. The number of carboxylic acid groups (broad SMARTS) is 1. The maximum atomic E-state index is 14.6. The maximum Gasteiger partial charge on any atom is 0.307 e. The molecular formula is C18H17Br2ClFNO3. The number of benzene rings is 2. The summed E-state index contributed by atoms with van der Waals surface area (Å²) in [4.78, 5) is 10.8. The Balaban J connectivity index is 2.21. The highest BCUT2D eigenvalue weighted by Crippen LogP contribution is 2.36. The van der Waals surface area contributed by atoms with E-state index in [9.17, 15) is 9.18 Å². The SMILES string of the molecule is CCCNc1cc(Cl)cc(COc2c(Br)cc(CC(=O)O)cc2Br)c1F. The first-order valence-electron chi connectivity index (χ1n) is 7.86. The van der Waals surface area contributed by atoms with E-state index in [2.05, 4.69) is 37.2 Å². The van der Waals surface area contributed by atoms with Crippen LogP contribution in [0.5, 0.6) is 5.75 Å². The fourth-order valence-electron chi connectivity index (χ4n) is 2.32. The zero-order chi connectivity index (χ0) is 19.3. The van der Waals surface area contributed by atoms with Gasteiger partial charge in [-0.1, -0.05) is 18.5 Å². The number of ether oxygens (including phenoxy) is 1. The van der Waals surface area contributed by atoms with Crippen molar-refractivity contribution >= 4 is 55.1 Å². The van der Waals surface area contributed by atoms with Crippen molar-refractivity contribution in [2.24, 2.45) is 0 Å². The molecule has 0 aromatic heterocycles. The molecule has 2 rings (SSSR count). The van der Waals surface area contributed by atoms with Gasteiger partial charge >= 0.3 is 5.97 Å². The largest absolute Gasteiger partial charge is 0.486 e. The lowest BCUT2D eigenvalue weighted by Gasteiger charge is -2.14. The minimum atomic E-state index is -0.925. The quantitative estimate of drug-likeness (QED) is 0.456. The molecule has 0 radical (unpaired) electrons. The summed E-state index contributed by atoms with van der Waals surface area (Å²) < 4.78 is 21.5. The predicted octanol–water partition coefficient (Wildman–Crippen LogP) is 6.03. The summed E-state index contributed by atoms with van der Waals surface area (Å²) in [6.45, 7) is 2.60. The van der Waals surface area contributed by atoms with E-state index >= 15 is 0 Å². The molecule has 2 aromatic carbocycles. The summed E-state index contributed by atoms with van der Waals surface area (Å²) in [7, 11) is 0. The smallest absolute Gasteiger partial charge is 0.307 e. The highest BCUT2D eigenvalue weighted by molar-refractivity contribution is 9.11. The fraction of sp³-hybridized carbons (Fsp3) is 0.278. The van der Waals surface area contributed by atoms with E-state index in [-0.39, 0.29) is 13.0 Å². The van der Waals surface area contributed by atoms with Crippen LogP contribution in [0.15, 0.2) is 33.2 Å². The van der Waals surface area contributed by atoms with Crippen molar-refractivity contribution < 1.29 is 19.0 Å². The number of carboxylic acids is 1. The van der Waals surface area contributed by atoms with Crippen LogP contribution in [0.4, 0.5) is 10.1 Å². The molecule has 0 heterocycles. The minimum Gasteiger partial charge on any atom is -0.486 e. The first-order chi connectivity index (χ1) is 12.3. The van der Waals surface area contributed by atoms with Gasteiger partial charge in [-0.2, -0.15) is 0 Å². The van der Waals surface area contributed by atoms with Gasteiger partial charge < -0.3 is 15.2 Å². The number of hydrogen-bond acceptors (Lipinski definition) is 3. The Hall–Kier alpha value is -1.31. The Kier molecular flexibility index (Phi) is 7.73. The van der Waals surface area contributed by atoms with Gasteiger partial charge in [-0.3, -0.25) is 4.79 Å². The van der Waals surface area contributed by atoms with Crippen molar-refractivity contribution in [3.8, 4) is 5.75 Å². The van der Waals surface area contributed by atoms with E-state index in [0.29, 0.717) is 43.1 Å². The minimum absolute atomic E-state index is 0.0251. The third-order valence-corrected chi connectivity index (χ3v) is 4.86. The molecule has 0 unspecified atom stereocenters. The van der Waals surface area contributed by atoms with Crippen molar-refractivity contribution in [1.82, 2.24) is 0 Å². The molecule has 8 heteroatoms. The van der Waals surface area contributed by atoms with Gasteiger partial charge in [0.05, 0.1) is 21.1 Å². The molecule has 0 bridgehead atoms. The molecule has 2 N–H and O–H groups in total. The summed E-state index contributed by atoms with van der Waals surface area (Å²) in [5, 5.41) is 12.3.